The highest BCUT2D eigenvalue weighted by atomic mass is 32.2. The van der Waals surface area contributed by atoms with Crippen molar-refractivity contribution in [3.63, 3.8) is 0 Å². The normalized spacial score (nSPS) is 19.3. The fourth-order valence-electron chi connectivity index (χ4n) is 2.10. The largest absolute Gasteiger partial charge is 0.269 e. The maximum atomic E-state index is 10.6. The highest BCUT2D eigenvalue weighted by Gasteiger charge is 2.29. The van der Waals surface area contributed by atoms with Gasteiger partial charge in [-0.2, -0.15) is 11.8 Å². The van der Waals surface area contributed by atoms with E-state index >= 15 is 0 Å². The number of non-ortho nitro benzene ring substituents is 1. The lowest BCUT2D eigenvalue weighted by molar-refractivity contribution is -0.384. The molecule has 0 saturated carbocycles. The SMILES string of the molecule is CC1(c2ccc([N+](=O)[O-])cc2)CCSCC1. The molecule has 0 amide bonds. The Hall–Kier alpha value is -1.03. The Morgan fingerprint density at radius 3 is 2.31 bits per heavy atom. The van der Waals surface area contributed by atoms with Gasteiger partial charge in [-0.1, -0.05) is 19.1 Å². The van der Waals surface area contributed by atoms with Gasteiger partial charge in [-0.3, -0.25) is 10.1 Å². The van der Waals surface area contributed by atoms with E-state index < -0.39 is 0 Å². The topological polar surface area (TPSA) is 43.1 Å². The first-order chi connectivity index (χ1) is 7.62. The van der Waals surface area contributed by atoms with Crippen molar-refractivity contribution in [2.75, 3.05) is 11.5 Å². The van der Waals surface area contributed by atoms with Gasteiger partial charge in [0.05, 0.1) is 4.92 Å². The van der Waals surface area contributed by atoms with Crippen LogP contribution in [0.4, 0.5) is 5.69 Å². The summed E-state index contributed by atoms with van der Waals surface area (Å²) in [4.78, 5) is 10.2. The van der Waals surface area contributed by atoms with Gasteiger partial charge in [0.1, 0.15) is 0 Å². The van der Waals surface area contributed by atoms with Gasteiger partial charge in [0.2, 0.25) is 0 Å². The van der Waals surface area contributed by atoms with E-state index in [1.165, 1.54) is 17.1 Å². The first-order valence-corrected chi connectivity index (χ1v) is 6.60. The van der Waals surface area contributed by atoms with Crippen molar-refractivity contribution < 1.29 is 4.92 Å². The van der Waals surface area contributed by atoms with Crippen LogP contribution in [-0.2, 0) is 5.41 Å². The summed E-state index contributed by atoms with van der Waals surface area (Å²) < 4.78 is 0. The van der Waals surface area contributed by atoms with Crippen LogP contribution in [0.5, 0.6) is 0 Å². The molecular formula is C12H15NO2S. The second-order valence-corrected chi connectivity index (χ2v) is 5.70. The maximum absolute atomic E-state index is 10.6. The molecular weight excluding hydrogens is 222 g/mol. The molecule has 0 spiro atoms. The predicted octanol–water partition coefficient (Wildman–Crippen LogP) is 3.38. The quantitative estimate of drug-likeness (QED) is 0.585. The molecule has 1 heterocycles. The maximum Gasteiger partial charge on any atom is 0.269 e. The van der Waals surface area contributed by atoms with Crippen molar-refractivity contribution in [2.24, 2.45) is 0 Å². The summed E-state index contributed by atoms with van der Waals surface area (Å²) in [6.45, 7) is 2.26. The summed E-state index contributed by atoms with van der Waals surface area (Å²) >= 11 is 1.99. The van der Waals surface area contributed by atoms with Crippen molar-refractivity contribution in [3.05, 3.63) is 39.9 Å². The van der Waals surface area contributed by atoms with E-state index in [2.05, 4.69) is 6.92 Å². The van der Waals surface area contributed by atoms with Crippen LogP contribution in [-0.4, -0.2) is 16.4 Å². The lowest BCUT2D eigenvalue weighted by atomic mass is 9.77. The van der Waals surface area contributed by atoms with E-state index in [0.717, 1.165) is 12.8 Å². The van der Waals surface area contributed by atoms with Crippen molar-refractivity contribution in [3.8, 4) is 0 Å². The highest BCUT2D eigenvalue weighted by molar-refractivity contribution is 7.99. The molecule has 1 aromatic carbocycles. The van der Waals surface area contributed by atoms with Gasteiger partial charge in [0, 0.05) is 12.1 Å². The molecule has 0 N–H and O–H groups in total. The van der Waals surface area contributed by atoms with E-state index in [-0.39, 0.29) is 16.0 Å². The Morgan fingerprint density at radius 1 is 1.25 bits per heavy atom. The number of rotatable bonds is 2. The molecule has 0 atom stereocenters. The number of nitrogens with zero attached hydrogens (tertiary/aromatic N) is 1. The summed E-state index contributed by atoms with van der Waals surface area (Å²) in [5.74, 6) is 2.38. The molecule has 1 aliphatic heterocycles. The molecule has 3 nitrogen and oxygen atoms in total. The molecule has 0 radical (unpaired) electrons. The Morgan fingerprint density at radius 2 is 1.81 bits per heavy atom. The molecule has 0 unspecified atom stereocenters. The summed E-state index contributed by atoms with van der Waals surface area (Å²) in [5, 5.41) is 10.6. The van der Waals surface area contributed by atoms with Crippen molar-refractivity contribution in [2.45, 2.75) is 25.2 Å². The highest BCUT2D eigenvalue weighted by Crippen LogP contribution is 2.38. The Balaban J connectivity index is 2.23. The number of hydrogen-bond donors (Lipinski definition) is 0. The zero-order chi connectivity index (χ0) is 11.6. The molecule has 86 valence electrons. The average molecular weight is 237 g/mol. The Bertz CT molecular complexity index is 383. The van der Waals surface area contributed by atoms with Gasteiger partial charge in [-0.25, -0.2) is 0 Å². The van der Waals surface area contributed by atoms with Gasteiger partial charge in [-0.05, 0) is 35.3 Å². The second kappa shape index (κ2) is 4.45. The Labute approximate surface area is 99.4 Å². The van der Waals surface area contributed by atoms with Gasteiger partial charge in [-0.15, -0.1) is 0 Å². The minimum absolute atomic E-state index is 0.178. The third kappa shape index (κ3) is 2.21. The molecule has 16 heavy (non-hydrogen) atoms. The standard InChI is InChI=1S/C12H15NO2S/c1-12(6-8-16-9-7-12)10-2-4-11(5-3-10)13(14)15/h2-5H,6-9H2,1H3. The molecule has 0 aliphatic carbocycles. The molecule has 2 rings (SSSR count). The minimum atomic E-state index is -0.344. The fraction of sp³-hybridized carbons (Fsp3) is 0.500. The molecule has 0 bridgehead atoms. The predicted molar refractivity (Wildman–Crippen MR) is 67.0 cm³/mol. The lowest BCUT2D eigenvalue weighted by Crippen LogP contribution is -2.27. The summed E-state index contributed by atoms with van der Waals surface area (Å²) in [6, 6.07) is 7.05. The van der Waals surface area contributed by atoms with Crippen LogP contribution < -0.4 is 0 Å². The second-order valence-electron chi connectivity index (χ2n) is 4.48. The summed E-state index contributed by atoms with van der Waals surface area (Å²) in [7, 11) is 0. The van der Waals surface area contributed by atoms with Crippen molar-refractivity contribution in [1.29, 1.82) is 0 Å². The van der Waals surface area contributed by atoms with E-state index in [1.807, 2.05) is 23.9 Å². The van der Waals surface area contributed by atoms with E-state index in [9.17, 15) is 10.1 Å². The van der Waals surface area contributed by atoms with Gasteiger partial charge < -0.3 is 0 Å². The third-order valence-corrected chi connectivity index (χ3v) is 4.36. The number of benzene rings is 1. The van der Waals surface area contributed by atoms with Gasteiger partial charge in [0.25, 0.3) is 5.69 Å². The number of hydrogen-bond acceptors (Lipinski definition) is 3. The fourth-order valence-corrected chi connectivity index (χ4v) is 3.49. The third-order valence-electron chi connectivity index (χ3n) is 3.37. The van der Waals surface area contributed by atoms with Crippen molar-refractivity contribution in [1.82, 2.24) is 0 Å². The van der Waals surface area contributed by atoms with Gasteiger partial charge >= 0.3 is 0 Å². The zero-order valence-corrected chi connectivity index (χ0v) is 10.1. The van der Waals surface area contributed by atoms with Crippen LogP contribution in [0.15, 0.2) is 24.3 Å². The average Bonchev–Trinajstić information content (AvgIpc) is 2.30. The van der Waals surface area contributed by atoms with Crippen LogP contribution in [0, 0.1) is 10.1 Å². The lowest BCUT2D eigenvalue weighted by Gasteiger charge is -2.33. The van der Waals surface area contributed by atoms with Crippen LogP contribution in [0.3, 0.4) is 0 Å². The molecule has 1 aliphatic rings. The molecule has 1 fully saturated rings. The first-order valence-electron chi connectivity index (χ1n) is 5.44. The molecule has 1 aromatic rings. The van der Waals surface area contributed by atoms with Crippen LogP contribution in [0.25, 0.3) is 0 Å². The van der Waals surface area contributed by atoms with Crippen LogP contribution in [0.2, 0.25) is 0 Å². The van der Waals surface area contributed by atoms with Crippen LogP contribution in [0.1, 0.15) is 25.3 Å². The zero-order valence-electron chi connectivity index (χ0n) is 9.31. The first kappa shape index (κ1) is 11.5. The number of thioether (sulfide) groups is 1. The smallest absolute Gasteiger partial charge is 0.258 e. The van der Waals surface area contributed by atoms with Crippen molar-refractivity contribution >= 4 is 17.4 Å². The number of nitro groups is 1. The number of nitro benzene ring substituents is 1. The summed E-state index contributed by atoms with van der Waals surface area (Å²) in [5.41, 5.74) is 1.62. The Kier molecular flexibility index (Phi) is 3.19. The summed E-state index contributed by atoms with van der Waals surface area (Å²) in [6.07, 6.45) is 2.32. The monoisotopic (exact) mass is 237 g/mol. The van der Waals surface area contributed by atoms with Crippen LogP contribution >= 0.6 is 11.8 Å². The molecule has 1 saturated heterocycles. The minimum Gasteiger partial charge on any atom is -0.258 e. The van der Waals surface area contributed by atoms with E-state index in [1.54, 1.807) is 12.1 Å². The molecule has 4 heteroatoms. The molecule has 0 aromatic heterocycles. The van der Waals surface area contributed by atoms with E-state index in [4.69, 9.17) is 0 Å². The van der Waals surface area contributed by atoms with Gasteiger partial charge in [0.15, 0.2) is 0 Å². The van der Waals surface area contributed by atoms with E-state index in [0.29, 0.717) is 0 Å².